The molecule has 1 aromatic heterocycles. The first kappa shape index (κ1) is 12.5. The van der Waals surface area contributed by atoms with Gasteiger partial charge >= 0.3 is 5.97 Å². The molecule has 1 unspecified atom stereocenters. The van der Waals surface area contributed by atoms with E-state index in [9.17, 15) is 4.79 Å². The predicted molar refractivity (Wildman–Crippen MR) is 67.5 cm³/mol. The summed E-state index contributed by atoms with van der Waals surface area (Å²) in [6, 6.07) is 7.37. The second-order valence-corrected chi connectivity index (χ2v) is 4.18. The predicted octanol–water partition coefficient (Wildman–Crippen LogP) is 2.15. The minimum atomic E-state index is -0.664. The molecule has 5 nitrogen and oxygen atoms in total. The summed E-state index contributed by atoms with van der Waals surface area (Å²) in [6.07, 6.45) is -0.664. The van der Waals surface area contributed by atoms with Gasteiger partial charge in [0, 0.05) is 10.9 Å². The number of para-hydroxylation sites is 1. The van der Waals surface area contributed by atoms with Crippen LogP contribution in [0, 0.1) is 0 Å². The molecule has 0 aliphatic heterocycles. The van der Waals surface area contributed by atoms with Crippen molar-refractivity contribution < 1.29 is 14.3 Å². The Bertz CT molecular complexity index is 528. The highest BCUT2D eigenvalue weighted by Gasteiger charge is 2.17. The molecule has 0 N–H and O–H groups in total. The van der Waals surface area contributed by atoms with E-state index in [4.69, 9.17) is 4.74 Å². The van der Waals surface area contributed by atoms with Gasteiger partial charge in [0.1, 0.15) is 11.4 Å². The zero-order chi connectivity index (χ0) is 13.0. The molecule has 0 saturated carbocycles. The van der Waals surface area contributed by atoms with E-state index in [1.165, 1.54) is 18.6 Å². The van der Waals surface area contributed by atoms with E-state index < -0.39 is 12.1 Å². The van der Waals surface area contributed by atoms with Crippen LogP contribution in [0.1, 0.15) is 6.92 Å². The lowest BCUT2D eigenvalue weighted by molar-refractivity contribution is -0.147. The van der Waals surface area contributed by atoms with Gasteiger partial charge in [0.2, 0.25) is 0 Å². The third kappa shape index (κ3) is 2.65. The highest BCUT2D eigenvalue weighted by Crippen LogP contribution is 2.29. The summed E-state index contributed by atoms with van der Waals surface area (Å²) in [5.41, 5.74) is 1.54. The van der Waals surface area contributed by atoms with Crippen LogP contribution in [0.4, 0.5) is 0 Å². The Hall–Kier alpha value is -1.95. The summed E-state index contributed by atoms with van der Waals surface area (Å²) in [5, 5.41) is 5.82. The number of nitrogens with zero attached hydrogens (tertiary/aromatic N) is 2. The van der Waals surface area contributed by atoms with E-state index in [1.54, 1.807) is 13.0 Å². The lowest BCUT2D eigenvalue weighted by Gasteiger charge is -2.14. The molecule has 1 heterocycles. The minimum Gasteiger partial charge on any atom is -0.478 e. The first-order valence-electron chi connectivity index (χ1n) is 5.33. The van der Waals surface area contributed by atoms with Gasteiger partial charge in [0.05, 0.1) is 7.11 Å². The van der Waals surface area contributed by atoms with Crippen LogP contribution in [-0.4, -0.2) is 28.8 Å². The van der Waals surface area contributed by atoms with Crippen LogP contribution < -0.4 is 4.74 Å². The third-order valence-corrected chi connectivity index (χ3v) is 2.86. The molecule has 0 radical (unpaired) electrons. The maximum absolute atomic E-state index is 11.3. The van der Waals surface area contributed by atoms with Gasteiger partial charge in [-0.3, -0.25) is 0 Å². The van der Waals surface area contributed by atoms with Crippen molar-refractivity contribution in [3.8, 4) is 17.0 Å². The molecule has 1 atom stereocenters. The molecule has 0 saturated heterocycles. The SMILES string of the molecule is COC(=O)C(C)Oc1ccccc1-c1csnn1. The Morgan fingerprint density at radius 2 is 2.17 bits per heavy atom. The number of aromatic nitrogens is 2. The van der Waals surface area contributed by atoms with Crippen LogP contribution in [0.3, 0.4) is 0 Å². The quantitative estimate of drug-likeness (QED) is 0.792. The first-order valence-corrected chi connectivity index (χ1v) is 6.17. The summed E-state index contributed by atoms with van der Waals surface area (Å²) in [6.45, 7) is 1.64. The van der Waals surface area contributed by atoms with Crippen molar-refractivity contribution in [3.63, 3.8) is 0 Å². The van der Waals surface area contributed by atoms with Gasteiger partial charge in [0.15, 0.2) is 6.10 Å². The Morgan fingerprint density at radius 1 is 1.39 bits per heavy atom. The monoisotopic (exact) mass is 264 g/mol. The first-order chi connectivity index (χ1) is 8.72. The van der Waals surface area contributed by atoms with E-state index in [0.717, 1.165) is 11.3 Å². The molecule has 2 rings (SSSR count). The largest absolute Gasteiger partial charge is 0.478 e. The molecule has 0 bridgehead atoms. The molecule has 1 aromatic carbocycles. The minimum absolute atomic E-state index is 0.416. The fourth-order valence-electron chi connectivity index (χ4n) is 1.47. The third-order valence-electron chi connectivity index (χ3n) is 2.36. The maximum Gasteiger partial charge on any atom is 0.346 e. The summed E-state index contributed by atoms with van der Waals surface area (Å²) < 4.78 is 14.0. The number of esters is 1. The smallest absolute Gasteiger partial charge is 0.346 e. The van der Waals surface area contributed by atoms with Crippen molar-refractivity contribution in [1.82, 2.24) is 9.59 Å². The van der Waals surface area contributed by atoms with Gasteiger partial charge in [-0.2, -0.15) is 0 Å². The molecule has 18 heavy (non-hydrogen) atoms. The fraction of sp³-hybridized carbons (Fsp3) is 0.250. The van der Waals surface area contributed by atoms with E-state index >= 15 is 0 Å². The van der Waals surface area contributed by atoms with Gasteiger partial charge < -0.3 is 9.47 Å². The molecule has 2 aromatic rings. The van der Waals surface area contributed by atoms with E-state index in [-0.39, 0.29) is 0 Å². The molecule has 0 fully saturated rings. The Morgan fingerprint density at radius 3 is 2.83 bits per heavy atom. The fourth-order valence-corrected chi connectivity index (χ4v) is 1.92. The molecule has 0 amide bonds. The van der Waals surface area contributed by atoms with Crippen molar-refractivity contribution in [3.05, 3.63) is 29.6 Å². The van der Waals surface area contributed by atoms with Gasteiger partial charge in [-0.15, -0.1) is 5.10 Å². The maximum atomic E-state index is 11.3. The summed E-state index contributed by atoms with van der Waals surface area (Å²) in [7, 11) is 1.33. The van der Waals surface area contributed by atoms with E-state index in [1.807, 2.05) is 23.6 Å². The normalized spacial score (nSPS) is 11.9. The molecule has 94 valence electrons. The van der Waals surface area contributed by atoms with Crippen molar-refractivity contribution in [2.45, 2.75) is 13.0 Å². The van der Waals surface area contributed by atoms with E-state index in [0.29, 0.717) is 5.75 Å². The molecule has 0 spiro atoms. The zero-order valence-corrected chi connectivity index (χ0v) is 10.8. The van der Waals surface area contributed by atoms with Crippen LogP contribution in [0.5, 0.6) is 5.75 Å². The second-order valence-electron chi connectivity index (χ2n) is 3.57. The van der Waals surface area contributed by atoms with Gasteiger partial charge in [-0.1, -0.05) is 16.6 Å². The average molecular weight is 264 g/mol. The Labute approximate surface area is 109 Å². The Kier molecular flexibility index (Phi) is 3.88. The van der Waals surface area contributed by atoms with Crippen LogP contribution >= 0.6 is 11.5 Å². The van der Waals surface area contributed by atoms with E-state index in [2.05, 4.69) is 14.3 Å². The topological polar surface area (TPSA) is 61.3 Å². The van der Waals surface area contributed by atoms with Crippen LogP contribution in [-0.2, 0) is 9.53 Å². The number of hydrogen-bond acceptors (Lipinski definition) is 6. The number of carbonyl (C=O) groups excluding carboxylic acids is 1. The number of methoxy groups -OCH3 is 1. The highest BCUT2D eigenvalue weighted by atomic mass is 32.1. The lowest BCUT2D eigenvalue weighted by Crippen LogP contribution is -2.25. The summed E-state index contributed by atoms with van der Waals surface area (Å²) in [5.74, 6) is 0.171. The molecular weight excluding hydrogens is 252 g/mol. The number of ether oxygens (including phenoxy) is 2. The number of benzene rings is 1. The Balaban J connectivity index is 2.26. The standard InChI is InChI=1S/C12H12N2O3S/c1-8(12(15)16-2)17-11-6-4-3-5-9(11)10-7-18-14-13-10/h3-8H,1-2H3. The van der Waals surface area contributed by atoms with Crippen LogP contribution in [0.2, 0.25) is 0 Å². The van der Waals surface area contributed by atoms with Crippen LogP contribution in [0.15, 0.2) is 29.6 Å². The van der Waals surface area contributed by atoms with Gasteiger partial charge in [-0.05, 0) is 30.6 Å². The van der Waals surface area contributed by atoms with Gasteiger partial charge in [0.25, 0.3) is 0 Å². The zero-order valence-electron chi connectivity index (χ0n) is 9.99. The highest BCUT2D eigenvalue weighted by molar-refractivity contribution is 7.03. The summed E-state index contributed by atoms with van der Waals surface area (Å²) in [4.78, 5) is 11.3. The average Bonchev–Trinajstić information content (AvgIpc) is 2.92. The van der Waals surface area contributed by atoms with Crippen molar-refractivity contribution in [1.29, 1.82) is 0 Å². The second kappa shape index (κ2) is 5.59. The number of rotatable bonds is 4. The molecular formula is C12H12N2O3S. The van der Waals surface area contributed by atoms with Crippen molar-refractivity contribution >= 4 is 17.5 Å². The molecule has 6 heteroatoms. The molecule has 0 aliphatic carbocycles. The summed E-state index contributed by atoms with van der Waals surface area (Å²) >= 11 is 1.26. The molecule has 0 aliphatic rings. The number of hydrogen-bond donors (Lipinski definition) is 0. The lowest BCUT2D eigenvalue weighted by atomic mass is 10.1. The van der Waals surface area contributed by atoms with Crippen molar-refractivity contribution in [2.24, 2.45) is 0 Å². The van der Waals surface area contributed by atoms with Crippen LogP contribution in [0.25, 0.3) is 11.3 Å². The number of carbonyl (C=O) groups is 1. The van der Waals surface area contributed by atoms with Gasteiger partial charge in [-0.25, -0.2) is 4.79 Å². The van der Waals surface area contributed by atoms with Crippen molar-refractivity contribution in [2.75, 3.05) is 7.11 Å².